The predicted molar refractivity (Wildman–Crippen MR) is 116 cm³/mol. The number of carbonyl (C=O) groups excluding carboxylic acids is 3. The molecule has 2 aromatic carbocycles. The largest absolute Gasteiger partial charge is 0.325 e. The van der Waals surface area contributed by atoms with E-state index in [4.69, 9.17) is 11.6 Å². The van der Waals surface area contributed by atoms with Crippen molar-refractivity contribution in [2.75, 3.05) is 11.9 Å². The van der Waals surface area contributed by atoms with Gasteiger partial charge in [-0.25, -0.2) is 13.9 Å². The van der Waals surface area contributed by atoms with E-state index < -0.39 is 35.7 Å². The van der Waals surface area contributed by atoms with E-state index in [0.29, 0.717) is 27.8 Å². The third-order valence-corrected chi connectivity index (χ3v) is 5.42. The van der Waals surface area contributed by atoms with Crippen molar-refractivity contribution < 1.29 is 18.8 Å². The van der Waals surface area contributed by atoms with E-state index in [1.165, 1.54) is 28.9 Å². The Hall–Kier alpha value is -3.72. The van der Waals surface area contributed by atoms with Crippen LogP contribution in [0.1, 0.15) is 18.2 Å². The fourth-order valence-corrected chi connectivity index (χ4v) is 3.64. The zero-order valence-corrected chi connectivity index (χ0v) is 18.0. The lowest BCUT2D eigenvalue weighted by molar-refractivity contribution is -0.133. The van der Waals surface area contributed by atoms with Gasteiger partial charge in [0.05, 0.1) is 11.4 Å². The maximum absolute atomic E-state index is 13.2. The second-order valence-electron chi connectivity index (χ2n) is 7.56. The van der Waals surface area contributed by atoms with Crippen molar-refractivity contribution in [2.24, 2.45) is 0 Å². The van der Waals surface area contributed by atoms with Gasteiger partial charge >= 0.3 is 6.03 Å². The van der Waals surface area contributed by atoms with Gasteiger partial charge in [0.1, 0.15) is 23.7 Å². The molecule has 0 bridgehead atoms. The number of aryl methyl sites for hydroxylation is 1. The Balaban J connectivity index is 1.51. The normalized spacial score (nSPS) is 18.1. The minimum absolute atomic E-state index is 0.326. The summed E-state index contributed by atoms with van der Waals surface area (Å²) in [5.41, 5.74) is 0.400. The molecule has 1 aliphatic rings. The van der Waals surface area contributed by atoms with Crippen LogP contribution in [-0.4, -0.2) is 39.1 Å². The van der Waals surface area contributed by atoms with Crippen LogP contribution in [-0.2, 0) is 15.1 Å². The van der Waals surface area contributed by atoms with Gasteiger partial charge in [-0.3, -0.25) is 14.5 Å². The Kier molecular flexibility index (Phi) is 5.43. The summed E-state index contributed by atoms with van der Waals surface area (Å²) in [6.45, 7) is 2.83. The first-order chi connectivity index (χ1) is 15.2. The van der Waals surface area contributed by atoms with Gasteiger partial charge in [-0.1, -0.05) is 23.7 Å². The number of benzene rings is 2. The number of rotatable bonds is 5. The summed E-state index contributed by atoms with van der Waals surface area (Å²) in [6.07, 6.45) is 0. The number of hydrogen-bond acceptors (Lipinski definition) is 4. The number of imide groups is 1. The quantitative estimate of drug-likeness (QED) is 0.576. The van der Waals surface area contributed by atoms with E-state index >= 15 is 0 Å². The smallest absolute Gasteiger partial charge is 0.319 e. The molecule has 1 aliphatic heterocycles. The predicted octanol–water partition coefficient (Wildman–Crippen LogP) is 3.38. The molecule has 0 radical (unpaired) electrons. The van der Waals surface area contributed by atoms with Crippen molar-refractivity contribution >= 4 is 35.3 Å². The van der Waals surface area contributed by atoms with Gasteiger partial charge in [-0.15, -0.1) is 0 Å². The average molecular weight is 456 g/mol. The van der Waals surface area contributed by atoms with Crippen LogP contribution in [0.5, 0.6) is 0 Å². The molecule has 1 atom stereocenters. The highest BCUT2D eigenvalue weighted by Gasteiger charge is 2.49. The highest BCUT2D eigenvalue weighted by atomic mass is 35.5. The maximum Gasteiger partial charge on any atom is 0.325 e. The number of carbonyl (C=O) groups is 3. The van der Waals surface area contributed by atoms with Crippen molar-refractivity contribution in [1.29, 1.82) is 0 Å². The molecule has 8 nitrogen and oxygen atoms in total. The SMILES string of the molecule is Cc1cc(NC(=O)CN2C(=O)NC(C)(c3ccc(Cl)cc3)C2=O)n(-c2ccc(F)cc2)n1. The Labute approximate surface area is 188 Å². The summed E-state index contributed by atoms with van der Waals surface area (Å²) >= 11 is 5.91. The summed E-state index contributed by atoms with van der Waals surface area (Å²) < 4.78 is 14.7. The van der Waals surface area contributed by atoms with E-state index in [1.54, 1.807) is 44.2 Å². The number of urea groups is 1. The fraction of sp³-hybridized carbons (Fsp3) is 0.182. The molecule has 4 rings (SSSR count). The molecular weight excluding hydrogens is 437 g/mol. The maximum atomic E-state index is 13.2. The number of nitrogens with zero attached hydrogens (tertiary/aromatic N) is 3. The Morgan fingerprint density at radius 2 is 1.81 bits per heavy atom. The van der Waals surface area contributed by atoms with Crippen LogP contribution in [0.4, 0.5) is 15.0 Å². The van der Waals surface area contributed by atoms with Crippen LogP contribution in [0.2, 0.25) is 5.02 Å². The minimum Gasteiger partial charge on any atom is -0.319 e. The summed E-state index contributed by atoms with van der Waals surface area (Å²) in [5, 5.41) is 10.1. The minimum atomic E-state index is -1.31. The molecule has 0 saturated carbocycles. The number of aromatic nitrogens is 2. The van der Waals surface area contributed by atoms with E-state index in [2.05, 4.69) is 15.7 Å². The Bertz CT molecular complexity index is 1210. The van der Waals surface area contributed by atoms with Crippen LogP contribution in [0.15, 0.2) is 54.6 Å². The first kappa shape index (κ1) is 21.5. The molecule has 1 fully saturated rings. The molecule has 0 spiro atoms. The molecule has 3 aromatic rings. The third-order valence-electron chi connectivity index (χ3n) is 5.17. The summed E-state index contributed by atoms with van der Waals surface area (Å²) in [7, 11) is 0. The van der Waals surface area contributed by atoms with Gasteiger partial charge in [0.2, 0.25) is 5.91 Å². The van der Waals surface area contributed by atoms with Gasteiger partial charge in [-0.2, -0.15) is 5.10 Å². The molecule has 2 heterocycles. The summed E-state index contributed by atoms with van der Waals surface area (Å²) in [6, 6.07) is 13.1. The fourth-order valence-electron chi connectivity index (χ4n) is 3.51. The Morgan fingerprint density at radius 1 is 1.16 bits per heavy atom. The first-order valence-corrected chi connectivity index (χ1v) is 10.1. The van der Waals surface area contributed by atoms with E-state index in [9.17, 15) is 18.8 Å². The second kappa shape index (κ2) is 8.08. The number of halogens is 2. The zero-order valence-electron chi connectivity index (χ0n) is 17.2. The Morgan fingerprint density at radius 3 is 2.47 bits per heavy atom. The third kappa shape index (κ3) is 3.94. The van der Waals surface area contributed by atoms with Gasteiger partial charge in [0.25, 0.3) is 5.91 Å². The molecule has 4 amide bonds. The van der Waals surface area contributed by atoms with Gasteiger partial charge in [-0.05, 0) is 55.8 Å². The lowest BCUT2D eigenvalue weighted by atomic mass is 9.92. The lowest BCUT2D eigenvalue weighted by Crippen LogP contribution is -2.42. The summed E-state index contributed by atoms with van der Waals surface area (Å²) in [5.74, 6) is -1.21. The molecule has 2 N–H and O–H groups in total. The highest BCUT2D eigenvalue weighted by Crippen LogP contribution is 2.29. The van der Waals surface area contributed by atoms with E-state index in [0.717, 1.165) is 4.90 Å². The zero-order chi connectivity index (χ0) is 23.0. The van der Waals surface area contributed by atoms with Crippen LogP contribution >= 0.6 is 11.6 Å². The molecule has 0 aliphatic carbocycles. The number of amides is 4. The molecule has 164 valence electrons. The molecule has 10 heteroatoms. The van der Waals surface area contributed by atoms with Crippen LogP contribution in [0.3, 0.4) is 0 Å². The van der Waals surface area contributed by atoms with E-state index in [-0.39, 0.29) is 0 Å². The standard InChI is InChI=1S/C22H19ClFN5O3/c1-13-11-18(29(27-13)17-9-7-16(24)8-10-17)25-19(30)12-28-20(31)22(2,26-21(28)32)14-3-5-15(23)6-4-14/h3-11H,12H2,1-2H3,(H,25,30)(H,26,32). The molecule has 1 aromatic heterocycles. The first-order valence-electron chi connectivity index (χ1n) is 9.70. The van der Waals surface area contributed by atoms with Crippen LogP contribution < -0.4 is 10.6 Å². The number of hydrogen-bond donors (Lipinski definition) is 2. The molecule has 1 saturated heterocycles. The van der Waals surface area contributed by atoms with E-state index in [1.807, 2.05) is 0 Å². The molecular formula is C22H19ClFN5O3. The van der Waals surface area contributed by atoms with Crippen LogP contribution in [0.25, 0.3) is 5.69 Å². The second-order valence-corrected chi connectivity index (χ2v) is 8.00. The van der Waals surface area contributed by atoms with Crippen molar-refractivity contribution in [3.8, 4) is 5.69 Å². The topological polar surface area (TPSA) is 96.3 Å². The molecule has 32 heavy (non-hydrogen) atoms. The van der Waals surface area contributed by atoms with Gasteiger partial charge in [0.15, 0.2) is 0 Å². The number of nitrogens with one attached hydrogen (secondary N) is 2. The van der Waals surface area contributed by atoms with Gasteiger partial charge in [0, 0.05) is 11.1 Å². The van der Waals surface area contributed by atoms with Crippen molar-refractivity contribution in [1.82, 2.24) is 20.0 Å². The number of anilines is 1. The van der Waals surface area contributed by atoms with Crippen molar-refractivity contribution in [3.63, 3.8) is 0 Å². The monoisotopic (exact) mass is 455 g/mol. The van der Waals surface area contributed by atoms with Gasteiger partial charge < -0.3 is 10.6 Å². The average Bonchev–Trinajstić information content (AvgIpc) is 3.21. The molecule has 1 unspecified atom stereocenters. The van der Waals surface area contributed by atoms with Crippen LogP contribution in [0, 0.1) is 12.7 Å². The highest BCUT2D eigenvalue weighted by molar-refractivity contribution is 6.30. The van der Waals surface area contributed by atoms with Crippen molar-refractivity contribution in [2.45, 2.75) is 19.4 Å². The summed E-state index contributed by atoms with van der Waals surface area (Å²) in [4.78, 5) is 39.1. The van der Waals surface area contributed by atoms with Crippen molar-refractivity contribution in [3.05, 3.63) is 76.7 Å². The lowest BCUT2D eigenvalue weighted by Gasteiger charge is -2.22.